The molecule has 3 aliphatic rings. The summed E-state index contributed by atoms with van der Waals surface area (Å²) in [6.45, 7) is 8.63. The number of nitrogens with zero attached hydrogens (tertiary/aromatic N) is 3. The van der Waals surface area contributed by atoms with E-state index in [2.05, 4.69) is 45.0 Å². The normalized spacial score (nSPS) is 21.5. The monoisotopic (exact) mass is 830 g/mol. The topological polar surface area (TPSA) is 116 Å². The van der Waals surface area contributed by atoms with Gasteiger partial charge in [0.2, 0.25) is 5.43 Å². The number of rotatable bonds is 11. The second-order valence-corrected chi connectivity index (χ2v) is 21.2. The molecular formula is C47H48F2N4O6Si. The van der Waals surface area contributed by atoms with Crippen molar-refractivity contribution >= 4 is 30.5 Å². The molecule has 0 radical (unpaired) electrons. The van der Waals surface area contributed by atoms with Gasteiger partial charge in [-0.2, -0.15) is 5.06 Å². The number of carbonyl (C=O) groups excluding carboxylic acids is 2. The fraction of sp³-hybridized carbons (Fsp3) is 0.298. The number of primary amides is 1. The molecule has 1 aromatic heterocycles. The lowest BCUT2D eigenvalue weighted by Gasteiger charge is -2.44. The van der Waals surface area contributed by atoms with Crippen LogP contribution in [-0.2, 0) is 22.4 Å². The summed E-state index contributed by atoms with van der Waals surface area (Å²) in [7, 11) is -3.09. The standard InChI is InChI=1S/C47H48F2N4O6Si/c1-31-22-23-47(40-28-51(31)45(56)41-43(57-29-32-14-8-5-9-15-32)42(54)38(44(50)55)27-52(40)41)25-35(53(59-47)26-33-20-21-34(48)24-39(33)49)30-58-60(46(2,3)4,36-16-10-6-11-17-36)37-18-12-7-13-19-37/h5-24,27,31,35,40H,25-26,28-30H2,1-4H3,(H2,50,55)/t31-,35?,40+,47-/m0/s1. The summed E-state index contributed by atoms with van der Waals surface area (Å²) in [6.07, 6.45) is 5.44. The van der Waals surface area contributed by atoms with Crippen LogP contribution in [0.15, 0.2) is 132 Å². The van der Waals surface area contributed by atoms with Crippen molar-refractivity contribution in [3.63, 3.8) is 0 Å². The van der Waals surface area contributed by atoms with Gasteiger partial charge in [0.25, 0.3) is 20.1 Å². The van der Waals surface area contributed by atoms with Crippen LogP contribution in [-0.4, -0.2) is 65.5 Å². The zero-order valence-electron chi connectivity index (χ0n) is 34.0. The van der Waals surface area contributed by atoms with Gasteiger partial charge in [-0.3, -0.25) is 19.2 Å². The number of fused-ring (bicyclic) bond motifs is 5. The third-order valence-corrected chi connectivity index (χ3v) is 17.1. The Hall–Kier alpha value is -5.73. The highest BCUT2D eigenvalue weighted by Gasteiger charge is 2.57. The van der Waals surface area contributed by atoms with Crippen LogP contribution < -0.4 is 26.3 Å². The zero-order chi connectivity index (χ0) is 42.4. The molecule has 4 heterocycles. The predicted molar refractivity (Wildman–Crippen MR) is 226 cm³/mol. The molecule has 1 saturated heterocycles. The lowest BCUT2D eigenvalue weighted by molar-refractivity contribution is -0.211. The van der Waals surface area contributed by atoms with Crippen LogP contribution in [0, 0.1) is 11.6 Å². The van der Waals surface area contributed by atoms with Gasteiger partial charge in [0, 0.05) is 36.8 Å². The molecule has 13 heteroatoms. The van der Waals surface area contributed by atoms with E-state index in [9.17, 15) is 18.8 Å². The maximum atomic E-state index is 15.5. The molecule has 0 saturated carbocycles. The Kier molecular flexibility index (Phi) is 11.0. The molecule has 10 nitrogen and oxygen atoms in total. The predicted octanol–water partition coefficient (Wildman–Crippen LogP) is 6.28. The van der Waals surface area contributed by atoms with E-state index in [4.69, 9.17) is 19.7 Å². The molecule has 2 amide bonds. The minimum Gasteiger partial charge on any atom is -0.483 e. The quantitative estimate of drug-likeness (QED) is 0.123. The summed E-state index contributed by atoms with van der Waals surface area (Å²) in [5.74, 6) is -3.13. The van der Waals surface area contributed by atoms with E-state index in [1.165, 1.54) is 18.3 Å². The lowest BCUT2D eigenvalue weighted by atomic mass is 9.86. The molecule has 1 spiro atoms. The van der Waals surface area contributed by atoms with Crippen molar-refractivity contribution in [2.24, 2.45) is 5.73 Å². The summed E-state index contributed by atoms with van der Waals surface area (Å²) in [5.41, 5.74) is 4.40. The van der Waals surface area contributed by atoms with Crippen LogP contribution in [0.25, 0.3) is 0 Å². The van der Waals surface area contributed by atoms with Gasteiger partial charge in [-0.1, -0.05) is 130 Å². The number of ether oxygens (including phenoxy) is 1. The molecule has 2 bridgehead atoms. The van der Waals surface area contributed by atoms with Crippen molar-refractivity contribution in [3.8, 4) is 5.75 Å². The maximum absolute atomic E-state index is 15.5. The number of pyridine rings is 1. The average Bonchev–Trinajstić information content (AvgIpc) is 3.53. The van der Waals surface area contributed by atoms with Crippen LogP contribution in [0.5, 0.6) is 5.75 Å². The van der Waals surface area contributed by atoms with E-state index >= 15 is 4.39 Å². The van der Waals surface area contributed by atoms with Gasteiger partial charge in [0.15, 0.2) is 11.4 Å². The van der Waals surface area contributed by atoms with Crippen molar-refractivity contribution in [2.45, 2.75) is 76.0 Å². The molecule has 1 unspecified atom stereocenters. The second-order valence-electron chi connectivity index (χ2n) is 16.9. The Labute approximate surface area is 348 Å². The fourth-order valence-corrected chi connectivity index (χ4v) is 13.7. The van der Waals surface area contributed by atoms with Crippen LogP contribution in [0.2, 0.25) is 5.04 Å². The summed E-state index contributed by atoms with van der Waals surface area (Å²) >= 11 is 0. The van der Waals surface area contributed by atoms with Gasteiger partial charge in [0.05, 0.1) is 25.2 Å². The summed E-state index contributed by atoms with van der Waals surface area (Å²) in [5, 5.41) is 3.50. The largest absolute Gasteiger partial charge is 0.483 e. The first kappa shape index (κ1) is 41.0. The minimum atomic E-state index is -3.09. The van der Waals surface area contributed by atoms with Crippen molar-refractivity contribution in [1.29, 1.82) is 0 Å². The molecule has 4 atom stereocenters. The van der Waals surface area contributed by atoms with Crippen molar-refractivity contribution in [1.82, 2.24) is 14.5 Å². The Balaban J connectivity index is 1.26. The molecule has 1 fully saturated rings. The van der Waals surface area contributed by atoms with Crippen LogP contribution in [0.4, 0.5) is 8.78 Å². The van der Waals surface area contributed by atoms with Gasteiger partial charge in [-0.25, -0.2) is 8.78 Å². The number of hydrogen-bond acceptors (Lipinski definition) is 7. The maximum Gasteiger partial charge on any atom is 0.275 e. The number of amides is 2. The van der Waals surface area contributed by atoms with Gasteiger partial charge in [-0.05, 0) is 34.0 Å². The second kappa shape index (κ2) is 16.0. The number of nitrogens with two attached hydrogens (primary N) is 1. The highest BCUT2D eigenvalue weighted by atomic mass is 28.4. The summed E-state index contributed by atoms with van der Waals surface area (Å²) in [4.78, 5) is 50.1. The van der Waals surface area contributed by atoms with Crippen molar-refractivity contribution in [3.05, 3.63) is 172 Å². The van der Waals surface area contributed by atoms with E-state index < -0.39 is 60.9 Å². The third-order valence-electron chi connectivity index (χ3n) is 12.1. The fourth-order valence-electron chi connectivity index (χ4n) is 9.05. The Bertz CT molecular complexity index is 2460. The minimum absolute atomic E-state index is 0.0288. The third kappa shape index (κ3) is 7.29. The van der Waals surface area contributed by atoms with Gasteiger partial charge in [0.1, 0.15) is 29.4 Å². The smallest absolute Gasteiger partial charge is 0.275 e. The summed E-state index contributed by atoms with van der Waals surface area (Å²) < 4.78 is 44.9. The first-order valence-corrected chi connectivity index (χ1v) is 22.0. The first-order valence-electron chi connectivity index (χ1n) is 20.1. The average molecular weight is 831 g/mol. The Morgan fingerprint density at radius 2 is 1.57 bits per heavy atom. The molecular weight excluding hydrogens is 783 g/mol. The zero-order valence-corrected chi connectivity index (χ0v) is 35.0. The van der Waals surface area contributed by atoms with Crippen molar-refractivity contribution < 1.29 is 32.4 Å². The van der Waals surface area contributed by atoms with Crippen LogP contribution in [0.3, 0.4) is 0 Å². The Morgan fingerprint density at radius 3 is 2.17 bits per heavy atom. The van der Waals surface area contributed by atoms with Gasteiger partial charge in [-0.15, -0.1) is 0 Å². The van der Waals surface area contributed by atoms with E-state index in [1.807, 2.05) is 85.8 Å². The van der Waals surface area contributed by atoms with Crippen molar-refractivity contribution in [2.75, 3.05) is 13.2 Å². The lowest BCUT2D eigenvalue weighted by Crippen LogP contribution is -2.67. The van der Waals surface area contributed by atoms with E-state index in [-0.39, 0.29) is 53.9 Å². The van der Waals surface area contributed by atoms with E-state index in [0.717, 1.165) is 22.0 Å². The number of hydroxylamine groups is 2. The van der Waals surface area contributed by atoms with Gasteiger partial charge >= 0.3 is 0 Å². The molecule has 60 heavy (non-hydrogen) atoms. The molecule has 0 aliphatic carbocycles. The first-order chi connectivity index (χ1) is 28.7. The SMILES string of the molecule is C[C@H]1C=C[C@]2(CC(CO[Si](c3ccccc3)(c3ccccc3)C(C)(C)C)N(Cc3ccc(F)cc3F)O2)[C@H]2CN1C(=O)c1c(OCc3ccccc3)c(=O)c(C(N)=O)cn12. The summed E-state index contributed by atoms with van der Waals surface area (Å²) in [6, 6.07) is 31.4. The molecule has 2 N–H and O–H groups in total. The number of aromatic nitrogens is 1. The highest BCUT2D eigenvalue weighted by Crippen LogP contribution is 2.47. The molecule has 4 aromatic carbocycles. The van der Waals surface area contributed by atoms with E-state index in [0.29, 0.717) is 6.42 Å². The van der Waals surface area contributed by atoms with Crippen LogP contribution >= 0.6 is 0 Å². The number of benzene rings is 4. The Morgan fingerprint density at radius 1 is 0.933 bits per heavy atom. The highest BCUT2D eigenvalue weighted by molar-refractivity contribution is 6.99. The van der Waals surface area contributed by atoms with E-state index in [1.54, 1.807) is 14.5 Å². The molecule has 5 aromatic rings. The molecule has 8 rings (SSSR count). The molecule has 3 aliphatic heterocycles. The van der Waals surface area contributed by atoms with Crippen LogP contribution in [0.1, 0.15) is 72.1 Å². The number of halogens is 2. The number of carbonyl (C=O) groups is 2. The molecule has 310 valence electrons. The van der Waals surface area contributed by atoms with Gasteiger partial charge < -0.3 is 24.4 Å². The number of hydrogen-bond donors (Lipinski definition) is 1.